The molecule has 0 saturated carbocycles. The topological polar surface area (TPSA) is 113 Å². The van der Waals surface area contributed by atoms with Crippen LogP contribution in [0.15, 0.2) is 53.4 Å². The van der Waals surface area contributed by atoms with Gasteiger partial charge in [0, 0.05) is 18.8 Å². The zero-order chi connectivity index (χ0) is 21.7. The number of aromatic carboxylic acids is 1. The van der Waals surface area contributed by atoms with Crippen molar-refractivity contribution in [1.82, 2.24) is 0 Å². The van der Waals surface area contributed by atoms with E-state index in [0.717, 1.165) is 6.42 Å². The van der Waals surface area contributed by atoms with Crippen molar-refractivity contribution in [2.24, 2.45) is 5.92 Å². The van der Waals surface area contributed by atoms with Gasteiger partial charge in [0.15, 0.2) is 0 Å². The third kappa shape index (κ3) is 4.91. The van der Waals surface area contributed by atoms with Crippen molar-refractivity contribution >= 4 is 33.3 Å². The molecule has 0 spiro atoms. The van der Waals surface area contributed by atoms with Crippen molar-refractivity contribution in [3.05, 3.63) is 54.1 Å². The number of carboxylic acids is 1. The molecular formula is C21H24N2O6S. The molecule has 160 valence electrons. The van der Waals surface area contributed by atoms with Crippen LogP contribution >= 0.6 is 0 Å². The molecule has 2 aromatic carbocycles. The van der Waals surface area contributed by atoms with Crippen molar-refractivity contribution in [3.8, 4) is 0 Å². The van der Waals surface area contributed by atoms with Crippen molar-refractivity contribution in [2.45, 2.75) is 24.7 Å². The first-order valence-corrected chi connectivity index (χ1v) is 11.2. The van der Waals surface area contributed by atoms with Gasteiger partial charge in [-0.15, -0.1) is 0 Å². The van der Waals surface area contributed by atoms with E-state index < -0.39 is 16.0 Å². The molecule has 1 atom stereocenters. The maximum absolute atomic E-state index is 12.5. The number of sulfonamides is 1. The molecular weight excluding hydrogens is 408 g/mol. The normalized spacial score (nSPS) is 16.7. The number of carboxylic acid groups (broad SMARTS) is 1. The molecule has 0 bridgehead atoms. The number of nitrogens with one attached hydrogen (secondary N) is 1. The molecule has 0 unspecified atom stereocenters. The van der Waals surface area contributed by atoms with Gasteiger partial charge in [-0.2, -0.15) is 0 Å². The summed E-state index contributed by atoms with van der Waals surface area (Å²) in [6.07, 6.45) is 1.41. The lowest BCUT2D eigenvalue weighted by Gasteiger charge is -2.34. The standard InChI is InChI=1S/C21H24N2O6S/c1-2-29-21(26)15-7-6-12-23(14-15)19-11-10-16(13-18(19)20(24)25)22-30(27,28)17-8-4-3-5-9-17/h3-5,8-11,13,15,22H,2,6-7,12,14H2,1H3,(H,24,25)/t15-/m1/s1. The van der Waals surface area contributed by atoms with Crippen LogP contribution in [-0.2, 0) is 19.6 Å². The molecule has 1 fully saturated rings. The van der Waals surface area contributed by atoms with Crippen LogP contribution in [0, 0.1) is 5.92 Å². The van der Waals surface area contributed by atoms with Crippen molar-refractivity contribution in [1.29, 1.82) is 0 Å². The number of carbonyl (C=O) groups is 2. The van der Waals surface area contributed by atoms with E-state index in [4.69, 9.17) is 4.74 Å². The second-order valence-corrected chi connectivity index (χ2v) is 8.68. The van der Waals surface area contributed by atoms with Gasteiger partial charge >= 0.3 is 11.9 Å². The van der Waals surface area contributed by atoms with Crippen LogP contribution in [0.5, 0.6) is 0 Å². The average Bonchev–Trinajstić information content (AvgIpc) is 2.74. The zero-order valence-corrected chi connectivity index (χ0v) is 17.4. The highest BCUT2D eigenvalue weighted by atomic mass is 32.2. The number of nitrogens with zero attached hydrogens (tertiary/aromatic N) is 1. The van der Waals surface area contributed by atoms with Gasteiger partial charge < -0.3 is 14.7 Å². The molecule has 2 N–H and O–H groups in total. The van der Waals surface area contributed by atoms with Gasteiger partial charge in [0.25, 0.3) is 10.0 Å². The van der Waals surface area contributed by atoms with Crippen molar-refractivity contribution < 1.29 is 27.9 Å². The summed E-state index contributed by atoms with van der Waals surface area (Å²) in [5, 5.41) is 9.70. The maximum Gasteiger partial charge on any atom is 0.337 e. The fourth-order valence-electron chi connectivity index (χ4n) is 3.51. The SMILES string of the molecule is CCOC(=O)[C@@H]1CCCN(c2ccc(NS(=O)(=O)c3ccccc3)cc2C(=O)O)C1. The molecule has 1 aliphatic rings. The first-order chi connectivity index (χ1) is 14.3. The highest BCUT2D eigenvalue weighted by molar-refractivity contribution is 7.92. The number of ether oxygens (including phenoxy) is 1. The Bertz CT molecular complexity index is 1020. The monoisotopic (exact) mass is 432 g/mol. The third-order valence-corrected chi connectivity index (χ3v) is 6.31. The molecule has 1 saturated heterocycles. The summed E-state index contributed by atoms with van der Waals surface area (Å²) in [5.41, 5.74) is 0.561. The van der Waals surface area contributed by atoms with Gasteiger partial charge in [-0.25, -0.2) is 13.2 Å². The zero-order valence-electron chi connectivity index (χ0n) is 16.6. The summed E-state index contributed by atoms with van der Waals surface area (Å²) in [5.74, 6) is -1.79. The van der Waals surface area contributed by atoms with E-state index in [1.54, 1.807) is 31.2 Å². The average molecular weight is 432 g/mol. The van der Waals surface area contributed by atoms with E-state index in [9.17, 15) is 23.1 Å². The van der Waals surface area contributed by atoms with Gasteiger partial charge in [0.2, 0.25) is 0 Å². The second kappa shape index (κ2) is 9.17. The summed E-state index contributed by atoms with van der Waals surface area (Å²) in [7, 11) is -3.84. The largest absolute Gasteiger partial charge is 0.478 e. The van der Waals surface area contributed by atoms with Gasteiger partial charge in [-0.1, -0.05) is 18.2 Å². The molecule has 3 rings (SSSR count). The summed E-state index contributed by atoms with van der Waals surface area (Å²) < 4.78 is 32.6. The van der Waals surface area contributed by atoms with Gasteiger partial charge in [0.1, 0.15) is 0 Å². The lowest BCUT2D eigenvalue weighted by molar-refractivity contribution is -0.148. The minimum Gasteiger partial charge on any atom is -0.478 e. The van der Waals surface area contributed by atoms with Crippen molar-refractivity contribution in [2.75, 3.05) is 29.3 Å². The number of rotatable bonds is 7. The molecule has 0 aromatic heterocycles. The summed E-state index contributed by atoms with van der Waals surface area (Å²) in [4.78, 5) is 25.9. The Labute approximate surface area is 175 Å². The highest BCUT2D eigenvalue weighted by Crippen LogP contribution is 2.30. The van der Waals surface area contributed by atoms with E-state index in [-0.39, 0.29) is 28.0 Å². The predicted molar refractivity (Wildman–Crippen MR) is 112 cm³/mol. The number of anilines is 2. The number of hydrogen-bond donors (Lipinski definition) is 2. The van der Waals surface area contributed by atoms with E-state index >= 15 is 0 Å². The summed E-state index contributed by atoms with van der Waals surface area (Å²) >= 11 is 0. The lowest BCUT2D eigenvalue weighted by Crippen LogP contribution is -2.40. The number of piperidine rings is 1. The first kappa shape index (κ1) is 21.6. The summed E-state index contributed by atoms with van der Waals surface area (Å²) in [6, 6.07) is 12.2. The maximum atomic E-state index is 12.5. The predicted octanol–water partition coefficient (Wildman–Crippen LogP) is 2.97. The summed E-state index contributed by atoms with van der Waals surface area (Å²) in [6.45, 7) is 3.00. The molecule has 9 heteroatoms. The molecule has 8 nitrogen and oxygen atoms in total. The van der Waals surface area contributed by atoms with Crippen LogP contribution in [0.4, 0.5) is 11.4 Å². The number of benzene rings is 2. The van der Waals surface area contributed by atoms with E-state index in [0.29, 0.717) is 31.8 Å². The minimum atomic E-state index is -3.84. The molecule has 1 aliphatic heterocycles. The molecule has 0 amide bonds. The third-order valence-electron chi connectivity index (χ3n) is 4.91. The number of carbonyl (C=O) groups excluding carboxylic acids is 1. The van der Waals surface area contributed by atoms with Gasteiger partial charge in [-0.3, -0.25) is 9.52 Å². The van der Waals surface area contributed by atoms with Crippen LogP contribution in [0.25, 0.3) is 0 Å². The van der Waals surface area contributed by atoms with Crippen molar-refractivity contribution in [3.63, 3.8) is 0 Å². The smallest absolute Gasteiger partial charge is 0.337 e. The minimum absolute atomic E-state index is 0.0345. The van der Waals surface area contributed by atoms with Crippen LogP contribution in [-0.4, -0.2) is 45.2 Å². The quantitative estimate of drug-likeness (QED) is 0.647. The first-order valence-electron chi connectivity index (χ1n) is 9.68. The Balaban J connectivity index is 1.85. The van der Waals surface area contributed by atoms with Crippen LogP contribution in [0.2, 0.25) is 0 Å². The Morgan fingerprint density at radius 2 is 1.93 bits per heavy atom. The molecule has 2 aromatic rings. The van der Waals surface area contributed by atoms with Crippen LogP contribution in [0.3, 0.4) is 0 Å². The fourth-order valence-corrected chi connectivity index (χ4v) is 4.58. The number of esters is 1. The Morgan fingerprint density at radius 1 is 1.20 bits per heavy atom. The van der Waals surface area contributed by atoms with Crippen LogP contribution in [0.1, 0.15) is 30.1 Å². The Morgan fingerprint density at radius 3 is 2.60 bits per heavy atom. The molecule has 0 radical (unpaired) electrons. The Kier molecular flexibility index (Phi) is 6.61. The fraction of sp³-hybridized carbons (Fsp3) is 0.333. The molecule has 1 heterocycles. The second-order valence-electron chi connectivity index (χ2n) is 6.99. The number of hydrogen-bond acceptors (Lipinski definition) is 6. The molecule has 0 aliphatic carbocycles. The van der Waals surface area contributed by atoms with Crippen LogP contribution < -0.4 is 9.62 Å². The van der Waals surface area contributed by atoms with E-state index in [1.165, 1.54) is 24.3 Å². The van der Waals surface area contributed by atoms with Gasteiger partial charge in [0.05, 0.1) is 28.7 Å². The Hall–Kier alpha value is -3.07. The van der Waals surface area contributed by atoms with E-state index in [1.807, 2.05) is 4.90 Å². The highest BCUT2D eigenvalue weighted by Gasteiger charge is 2.29. The lowest BCUT2D eigenvalue weighted by atomic mass is 9.97. The molecule has 30 heavy (non-hydrogen) atoms. The van der Waals surface area contributed by atoms with Gasteiger partial charge in [-0.05, 0) is 50.1 Å². The van der Waals surface area contributed by atoms with E-state index in [2.05, 4.69) is 4.72 Å².